The maximum Gasteiger partial charge on any atom is 0.228 e. The van der Waals surface area contributed by atoms with Crippen LogP contribution in [0, 0.1) is 11.8 Å². The Balaban J connectivity index is 1.55. The second-order valence-electron chi connectivity index (χ2n) is 7.07. The number of nitrogens with zero attached hydrogens (tertiary/aromatic N) is 4. The summed E-state index contributed by atoms with van der Waals surface area (Å²) in [6, 6.07) is 0.376. The molecule has 3 rings (SSSR count). The Morgan fingerprint density at radius 3 is 2.83 bits per heavy atom. The molecule has 2 heterocycles. The minimum Gasteiger partial charge on any atom is -0.339 e. The molecule has 1 saturated heterocycles. The molecule has 2 aliphatic rings. The second-order valence-corrected chi connectivity index (χ2v) is 7.07. The average Bonchev–Trinajstić information content (AvgIpc) is 3.12. The summed E-state index contributed by atoms with van der Waals surface area (Å²) in [5.74, 6) is 1.41. The third-order valence-corrected chi connectivity index (χ3v) is 4.34. The molecular formula is C16H24N4O3. The Kier molecular flexibility index (Phi) is 4.37. The van der Waals surface area contributed by atoms with Gasteiger partial charge >= 0.3 is 0 Å². The smallest absolute Gasteiger partial charge is 0.228 e. The van der Waals surface area contributed by atoms with Crippen LogP contribution in [-0.4, -0.2) is 51.4 Å². The van der Waals surface area contributed by atoms with Crippen LogP contribution in [0.1, 0.15) is 44.8 Å². The summed E-state index contributed by atoms with van der Waals surface area (Å²) < 4.78 is 5.19. The highest BCUT2D eigenvalue weighted by Crippen LogP contribution is 2.33. The molecule has 1 aromatic heterocycles. The van der Waals surface area contributed by atoms with Crippen LogP contribution < -0.4 is 0 Å². The largest absolute Gasteiger partial charge is 0.339 e. The van der Waals surface area contributed by atoms with Gasteiger partial charge in [0.25, 0.3) is 0 Å². The van der Waals surface area contributed by atoms with Crippen LogP contribution in [-0.2, 0) is 22.6 Å². The Hall–Kier alpha value is -1.92. The lowest BCUT2D eigenvalue weighted by Crippen LogP contribution is -2.35. The van der Waals surface area contributed by atoms with Crippen LogP contribution in [0.4, 0.5) is 0 Å². The van der Waals surface area contributed by atoms with Gasteiger partial charge in [-0.25, -0.2) is 0 Å². The molecule has 1 aromatic rings. The molecule has 1 aliphatic heterocycles. The van der Waals surface area contributed by atoms with Crippen molar-refractivity contribution in [3.05, 3.63) is 11.7 Å². The van der Waals surface area contributed by atoms with E-state index in [4.69, 9.17) is 4.52 Å². The number of rotatable bonds is 6. The molecule has 0 spiro atoms. The lowest BCUT2D eigenvalue weighted by Gasteiger charge is -2.20. The van der Waals surface area contributed by atoms with Crippen LogP contribution >= 0.6 is 0 Å². The third-order valence-electron chi connectivity index (χ3n) is 4.34. The number of carbonyl (C=O) groups is 2. The quantitative estimate of drug-likeness (QED) is 0.788. The summed E-state index contributed by atoms with van der Waals surface area (Å²) in [5.41, 5.74) is 0. The summed E-state index contributed by atoms with van der Waals surface area (Å²) in [7, 11) is 1.73. The molecule has 0 aromatic carbocycles. The van der Waals surface area contributed by atoms with Crippen molar-refractivity contribution in [3.63, 3.8) is 0 Å². The highest BCUT2D eigenvalue weighted by Gasteiger charge is 2.42. The van der Waals surface area contributed by atoms with Crippen molar-refractivity contribution < 1.29 is 14.1 Å². The van der Waals surface area contributed by atoms with Gasteiger partial charge in [0.1, 0.15) is 0 Å². The lowest BCUT2D eigenvalue weighted by molar-refractivity contribution is -0.135. The molecule has 1 aliphatic carbocycles. The fraction of sp³-hybridized carbons (Fsp3) is 0.750. The van der Waals surface area contributed by atoms with E-state index in [9.17, 15) is 9.59 Å². The van der Waals surface area contributed by atoms with Crippen LogP contribution in [0.25, 0.3) is 0 Å². The first kappa shape index (κ1) is 16.0. The second kappa shape index (κ2) is 6.29. The molecule has 7 heteroatoms. The van der Waals surface area contributed by atoms with Crippen LogP contribution in [0.5, 0.6) is 0 Å². The van der Waals surface area contributed by atoms with Crippen molar-refractivity contribution >= 4 is 11.8 Å². The van der Waals surface area contributed by atoms with Gasteiger partial charge in [0.15, 0.2) is 5.82 Å². The minimum absolute atomic E-state index is 0.0169. The highest BCUT2D eigenvalue weighted by molar-refractivity contribution is 5.89. The molecule has 1 saturated carbocycles. The van der Waals surface area contributed by atoms with Crippen LogP contribution in [0.2, 0.25) is 0 Å². The van der Waals surface area contributed by atoms with Crippen molar-refractivity contribution in [3.8, 4) is 0 Å². The van der Waals surface area contributed by atoms with Gasteiger partial charge in [0.05, 0.1) is 12.5 Å². The summed E-state index contributed by atoms with van der Waals surface area (Å²) in [6.07, 6.45) is 3.20. The number of aromatic nitrogens is 2. The Bertz CT molecular complexity index is 594. The first-order valence-electron chi connectivity index (χ1n) is 8.30. The molecule has 0 N–H and O–H groups in total. The summed E-state index contributed by atoms with van der Waals surface area (Å²) in [4.78, 5) is 32.3. The third kappa shape index (κ3) is 3.71. The van der Waals surface area contributed by atoms with E-state index in [2.05, 4.69) is 24.0 Å². The van der Waals surface area contributed by atoms with E-state index in [1.54, 1.807) is 11.9 Å². The molecule has 7 nitrogen and oxygen atoms in total. The average molecular weight is 320 g/mol. The van der Waals surface area contributed by atoms with Gasteiger partial charge in [-0.05, 0) is 18.8 Å². The van der Waals surface area contributed by atoms with Crippen molar-refractivity contribution in [2.24, 2.45) is 11.8 Å². The van der Waals surface area contributed by atoms with Crippen molar-refractivity contribution in [2.45, 2.75) is 52.1 Å². The predicted molar refractivity (Wildman–Crippen MR) is 82.2 cm³/mol. The van der Waals surface area contributed by atoms with E-state index >= 15 is 0 Å². The van der Waals surface area contributed by atoms with Crippen LogP contribution in [0.15, 0.2) is 4.52 Å². The zero-order valence-electron chi connectivity index (χ0n) is 14.0. The monoisotopic (exact) mass is 320 g/mol. The fourth-order valence-corrected chi connectivity index (χ4v) is 3.02. The normalized spacial score (nSPS) is 21.3. The first-order valence-corrected chi connectivity index (χ1v) is 8.30. The first-order chi connectivity index (χ1) is 10.9. The molecule has 0 radical (unpaired) electrons. The predicted octanol–water partition coefficient (Wildman–Crippen LogP) is 1.24. The summed E-state index contributed by atoms with van der Waals surface area (Å²) in [6.45, 7) is 5.04. The molecule has 2 fully saturated rings. The van der Waals surface area contributed by atoms with Gasteiger partial charge < -0.3 is 14.3 Å². The Morgan fingerprint density at radius 1 is 1.43 bits per heavy atom. The van der Waals surface area contributed by atoms with E-state index in [-0.39, 0.29) is 17.7 Å². The van der Waals surface area contributed by atoms with Gasteiger partial charge in [-0.3, -0.25) is 9.59 Å². The number of likely N-dealkylation sites (tertiary alicyclic amines) is 1. The number of hydrogen-bond donors (Lipinski definition) is 0. The SMILES string of the molecule is CC(C)Cc1nc(CN(C)C(=O)[C@H]2CC(=O)N(C3CC3)C2)no1. The van der Waals surface area contributed by atoms with E-state index < -0.39 is 0 Å². The topological polar surface area (TPSA) is 79.5 Å². The highest BCUT2D eigenvalue weighted by atomic mass is 16.5. The molecule has 0 unspecified atom stereocenters. The number of hydrogen-bond acceptors (Lipinski definition) is 5. The van der Waals surface area contributed by atoms with E-state index in [0.29, 0.717) is 43.2 Å². The van der Waals surface area contributed by atoms with Crippen molar-refractivity contribution in [1.82, 2.24) is 19.9 Å². The number of amides is 2. The van der Waals surface area contributed by atoms with E-state index in [1.807, 2.05) is 4.90 Å². The zero-order valence-corrected chi connectivity index (χ0v) is 14.0. The van der Waals surface area contributed by atoms with Crippen molar-refractivity contribution in [2.75, 3.05) is 13.6 Å². The van der Waals surface area contributed by atoms with Gasteiger partial charge in [-0.1, -0.05) is 19.0 Å². The molecule has 126 valence electrons. The van der Waals surface area contributed by atoms with Gasteiger partial charge in [-0.15, -0.1) is 0 Å². The van der Waals surface area contributed by atoms with Crippen molar-refractivity contribution in [1.29, 1.82) is 0 Å². The fourth-order valence-electron chi connectivity index (χ4n) is 3.02. The zero-order chi connectivity index (χ0) is 16.6. The van der Waals surface area contributed by atoms with E-state index in [1.165, 1.54) is 0 Å². The van der Waals surface area contributed by atoms with Gasteiger partial charge in [0.2, 0.25) is 17.7 Å². The van der Waals surface area contributed by atoms with E-state index in [0.717, 1.165) is 19.3 Å². The van der Waals surface area contributed by atoms with Gasteiger partial charge in [0, 0.05) is 32.5 Å². The molecular weight excluding hydrogens is 296 g/mol. The maximum atomic E-state index is 12.5. The molecule has 0 bridgehead atoms. The standard InChI is InChI=1S/C16H24N4O3/c1-10(2)6-14-17-13(18-23-14)9-19(3)16(22)11-7-15(21)20(8-11)12-4-5-12/h10-12H,4-9H2,1-3H3/t11-/m0/s1. The number of carbonyl (C=O) groups excluding carboxylic acids is 2. The summed E-state index contributed by atoms with van der Waals surface area (Å²) >= 11 is 0. The Labute approximate surface area is 136 Å². The maximum absolute atomic E-state index is 12.5. The van der Waals surface area contributed by atoms with Crippen LogP contribution in [0.3, 0.4) is 0 Å². The summed E-state index contributed by atoms with van der Waals surface area (Å²) in [5, 5.41) is 3.93. The lowest BCUT2D eigenvalue weighted by atomic mass is 10.1. The van der Waals surface area contributed by atoms with Gasteiger partial charge in [-0.2, -0.15) is 4.98 Å². The minimum atomic E-state index is -0.241. The molecule has 1 atom stereocenters. The molecule has 2 amide bonds. The Morgan fingerprint density at radius 2 is 2.17 bits per heavy atom. The molecule has 23 heavy (non-hydrogen) atoms.